The van der Waals surface area contributed by atoms with Gasteiger partial charge in [0, 0.05) is 12.1 Å². The molecule has 0 fully saturated rings. The molecule has 10 heteroatoms. The van der Waals surface area contributed by atoms with E-state index < -0.39 is 16.0 Å². The molecule has 1 N–H and O–H groups in total. The first-order chi connectivity index (χ1) is 14.3. The van der Waals surface area contributed by atoms with Crippen molar-refractivity contribution in [2.45, 2.75) is 17.1 Å². The lowest BCUT2D eigenvalue weighted by Gasteiger charge is -2.31. The number of halogens is 1. The first-order valence-corrected chi connectivity index (χ1v) is 11.3. The summed E-state index contributed by atoms with van der Waals surface area (Å²) in [5, 5.41) is 9.78. The number of thiazole rings is 1. The molecule has 30 heavy (non-hydrogen) atoms. The zero-order chi connectivity index (χ0) is 21.5. The second kappa shape index (κ2) is 7.69. The van der Waals surface area contributed by atoms with E-state index in [4.69, 9.17) is 4.74 Å². The van der Waals surface area contributed by atoms with Crippen LogP contribution in [0.2, 0.25) is 0 Å². The molecular formula is C20H17FN2O5S2. The maximum absolute atomic E-state index is 13.4. The molecule has 0 spiro atoms. The van der Waals surface area contributed by atoms with Gasteiger partial charge in [-0.1, -0.05) is 0 Å². The van der Waals surface area contributed by atoms with Gasteiger partial charge in [-0.2, -0.15) is 0 Å². The van der Waals surface area contributed by atoms with E-state index in [9.17, 15) is 22.7 Å². The summed E-state index contributed by atoms with van der Waals surface area (Å²) in [6.07, 6.45) is 2.37. The van der Waals surface area contributed by atoms with Crippen molar-refractivity contribution >= 4 is 33.0 Å². The maximum Gasteiger partial charge on any atom is 0.335 e. The minimum absolute atomic E-state index is 0.0408. The number of aromatic carboxylic acids is 1. The summed E-state index contributed by atoms with van der Waals surface area (Å²) in [5.41, 5.74) is 1.61. The molecule has 2 heterocycles. The fourth-order valence-electron chi connectivity index (χ4n) is 3.40. The summed E-state index contributed by atoms with van der Waals surface area (Å²) < 4.78 is 46.6. The van der Waals surface area contributed by atoms with Crippen LogP contribution in [0.5, 0.6) is 5.75 Å². The zero-order valence-electron chi connectivity index (χ0n) is 15.8. The fourth-order valence-corrected chi connectivity index (χ4v) is 6.20. The van der Waals surface area contributed by atoms with Crippen molar-refractivity contribution in [1.82, 2.24) is 4.98 Å². The standard InChI is InChI=1S/C20H17FN2O5S2/c1-28-16-10-14(20(24)25)9-13-3-2-8-23(18(13)16)30(26,27)17-11-22-19(29-17)12-4-6-15(21)7-5-12/h4-7,9-11H,2-3,8H2,1H3,(H,24,25). The Balaban J connectivity index is 1.77. The number of ether oxygens (including phenoxy) is 1. The number of methoxy groups -OCH3 is 1. The number of sulfonamides is 1. The summed E-state index contributed by atoms with van der Waals surface area (Å²) in [6.45, 7) is 0.238. The number of rotatable bonds is 5. The lowest BCUT2D eigenvalue weighted by atomic mass is 10.00. The van der Waals surface area contributed by atoms with E-state index >= 15 is 0 Å². The van der Waals surface area contributed by atoms with Crippen LogP contribution < -0.4 is 9.04 Å². The van der Waals surface area contributed by atoms with Crippen LogP contribution in [0, 0.1) is 5.82 Å². The first-order valence-electron chi connectivity index (χ1n) is 9.00. The van der Waals surface area contributed by atoms with Gasteiger partial charge in [0.25, 0.3) is 10.0 Å². The summed E-state index contributed by atoms with van der Waals surface area (Å²) >= 11 is 0.990. The molecule has 0 atom stereocenters. The van der Waals surface area contributed by atoms with Gasteiger partial charge in [0.2, 0.25) is 0 Å². The van der Waals surface area contributed by atoms with Gasteiger partial charge in [-0.15, -0.1) is 11.3 Å². The molecule has 4 rings (SSSR count). The van der Waals surface area contributed by atoms with Crippen molar-refractivity contribution in [2.75, 3.05) is 18.0 Å². The highest BCUT2D eigenvalue weighted by molar-refractivity contribution is 7.94. The van der Waals surface area contributed by atoms with Crippen LogP contribution in [0.15, 0.2) is 46.8 Å². The Morgan fingerprint density at radius 2 is 2.00 bits per heavy atom. The number of fused-ring (bicyclic) bond motifs is 1. The zero-order valence-corrected chi connectivity index (χ0v) is 17.5. The van der Waals surface area contributed by atoms with E-state index in [2.05, 4.69) is 4.98 Å². The van der Waals surface area contributed by atoms with Gasteiger partial charge >= 0.3 is 5.97 Å². The monoisotopic (exact) mass is 448 g/mol. The Labute approximate surface area is 176 Å². The first kappa shape index (κ1) is 20.3. The van der Waals surface area contributed by atoms with Crippen LogP contribution in [0.25, 0.3) is 10.6 Å². The summed E-state index contributed by atoms with van der Waals surface area (Å²) in [4.78, 5) is 15.6. The summed E-state index contributed by atoms with van der Waals surface area (Å²) in [7, 11) is -2.57. The van der Waals surface area contributed by atoms with Crippen molar-refractivity contribution in [2.24, 2.45) is 0 Å². The Morgan fingerprint density at radius 1 is 1.27 bits per heavy atom. The molecule has 2 aromatic carbocycles. The third-order valence-electron chi connectivity index (χ3n) is 4.80. The average Bonchev–Trinajstić information content (AvgIpc) is 3.24. The molecule has 0 saturated heterocycles. The number of carboxylic acids is 1. The third-order valence-corrected chi connectivity index (χ3v) is 8.08. The van der Waals surface area contributed by atoms with Crippen molar-refractivity contribution in [3.8, 4) is 16.3 Å². The average molecular weight is 448 g/mol. The second-order valence-electron chi connectivity index (χ2n) is 6.66. The molecule has 156 valence electrons. The van der Waals surface area contributed by atoms with Crippen molar-refractivity contribution in [1.29, 1.82) is 0 Å². The van der Waals surface area contributed by atoms with Crippen LogP contribution in [0.3, 0.4) is 0 Å². The predicted molar refractivity (Wildman–Crippen MR) is 110 cm³/mol. The smallest absolute Gasteiger partial charge is 0.335 e. The quantitative estimate of drug-likeness (QED) is 0.638. The summed E-state index contributed by atoms with van der Waals surface area (Å²) in [5.74, 6) is -1.31. The van der Waals surface area contributed by atoms with Gasteiger partial charge in [0.1, 0.15) is 16.6 Å². The molecule has 0 unspecified atom stereocenters. The molecule has 0 amide bonds. The normalized spacial score (nSPS) is 13.7. The highest BCUT2D eigenvalue weighted by atomic mass is 32.2. The minimum Gasteiger partial charge on any atom is -0.495 e. The number of aryl methyl sites for hydroxylation is 1. The number of hydrogen-bond acceptors (Lipinski definition) is 6. The van der Waals surface area contributed by atoms with Gasteiger partial charge in [0.05, 0.1) is 24.6 Å². The predicted octanol–water partition coefficient (Wildman–Crippen LogP) is 3.80. The van der Waals surface area contributed by atoms with Crippen molar-refractivity contribution in [3.63, 3.8) is 0 Å². The SMILES string of the molecule is COc1cc(C(=O)O)cc2c1N(S(=O)(=O)c1cnc(-c3ccc(F)cc3)s1)CCC2. The largest absolute Gasteiger partial charge is 0.495 e. The highest BCUT2D eigenvalue weighted by Crippen LogP contribution is 2.41. The topological polar surface area (TPSA) is 96.8 Å². The van der Waals surface area contributed by atoms with E-state index in [0.29, 0.717) is 34.7 Å². The Morgan fingerprint density at radius 3 is 2.67 bits per heavy atom. The molecule has 1 aromatic heterocycles. The molecule has 3 aromatic rings. The molecule has 0 bridgehead atoms. The molecular weight excluding hydrogens is 431 g/mol. The molecule has 0 radical (unpaired) electrons. The lowest BCUT2D eigenvalue weighted by molar-refractivity contribution is 0.0696. The maximum atomic E-state index is 13.4. The summed E-state index contributed by atoms with van der Waals surface area (Å²) in [6, 6.07) is 8.46. The van der Waals surface area contributed by atoms with E-state index in [1.807, 2.05) is 0 Å². The molecule has 1 aliphatic rings. The lowest BCUT2D eigenvalue weighted by Crippen LogP contribution is -2.35. The van der Waals surface area contributed by atoms with Crippen LogP contribution in [-0.2, 0) is 16.4 Å². The second-order valence-corrected chi connectivity index (χ2v) is 9.78. The minimum atomic E-state index is -3.95. The van der Waals surface area contributed by atoms with E-state index in [-0.39, 0.29) is 27.9 Å². The van der Waals surface area contributed by atoms with Gasteiger partial charge in [0.15, 0.2) is 4.21 Å². The van der Waals surface area contributed by atoms with Crippen LogP contribution in [0.4, 0.5) is 10.1 Å². The van der Waals surface area contributed by atoms with Gasteiger partial charge in [-0.05, 0) is 54.8 Å². The number of carbonyl (C=O) groups is 1. The number of benzene rings is 2. The van der Waals surface area contributed by atoms with Gasteiger partial charge in [-0.25, -0.2) is 22.6 Å². The molecule has 7 nitrogen and oxygen atoms in total. The van der Waals surface area contributed by atoms with E-state index in [1.54, 1.807) is 0 Å². The highest BCUT2D eigenvalue weighted by Gasteiger charge is 2.34. The number of nitrogens with zero attached hydrogens (tertiary/aromatic N) is 2. The Kier molecular flexibility index (Phi) is 5.20. The third kappa shape index (κ3) is 3.52. The van der Waals surface area contributed by atoms with Crippen molar-refractivity contribution in [3.05, 3.63) is 59.5 Å². The van der Waals surface area contributed by atoms with Crippen LogP contribution in [0.1, 0.15) is 22.3 Å². The number of carboxylic acid groups (broad SMARTS) is 1. The number of anilines is 1. The number of aromatic nitrogens is 1. The number of hydrogen-bond donors (Lipinski definition) is 1. The Bertz CT molecular complexity index is 1210. The van der Waals surface area contributed by atoms with Gasteiger partial charge < -0.3 is 9.84 Å². The molecule has 0 saturated carbocycles. The Hall–Kier alpha value is -2.98. The van der Waals surface area contributed by atoms with Crippen LogP contribution in [-0.4, -0.2) is 38.1 Å². The van der Waals surface area contributed by atoms with Gasteiger partial charge in [-0.3, -0.25) is 4.31 Å². The molecule has 0 aliphatic carbocycles. The van der Waals surface area contributed by atoms with Crippen LogP contribution >= 0.6 is 11.3 Å². The van der Waals surface area contributed by atoms with Crippen molar-refractivity contribution < 1.29 is 27.4 Å². The van der Waals surface area contributed by atoms with E-state index in [0.717, 1.165) is 11.3 Å². The fraction of sp³-hybridized carbons (Fsp3) is 0.200. The molecule has 1 aliphatic heterocycles. The van der Waals surface area contributed by atoms with E-state index in [1.165, 1.54) is 54.0 Å².